The van der Waals surface area contributed by atoms with E-state index in [-0.39, 0.29) is 5.41 Å². The van der Waals surface area contributed by atoms with E-state index in [1.165, 1.54) is 44.5 Å². The Hall–Kier alpha value is -10.6. The zero-order valence-corrected chi connectivity index (χ0v) is 45.7. The number of rotatable bonds is 8. The number of ether oxygens (including phenoxy) is 1. The minimum Gasteiger partial charge on any atom is -0.456 e. The maximum Gasteiger partial charge on any atom is 0.178 e. The van der Waals surface area contributed by atoms with Gasteiger partial charge in [-0.05, 0) is 146 Å². The summed E-state index contributed by atoms with van der Waals surface area (Å²) in [7, 11) is 0. The van der Waals surface area contributed by atoms with E-state index in [1.54, 1.807) is 0 Å². The van der Waals surface area contributed by atoms with Gasteiger partial charge in [-0.1, -0.05) is 202 Å². The molecular weight excluding hydrogens is 1010 g/mol. The van der Waals surface area contributed by atoms with Crippen LogP contribution in [0.2, 0.25) is 0 Å². The second kappa shape index (κ2) is 17.9. The Morgan fingerprint density at radius 3 is 1.40 bits per heavy atom. The monoisotopic (exact) mass is 1060 g/mol. The molecule has 5 heteroatoms. The van der Waals surface area contributed by atoms with Crippen molar-refractivity contribution in [3.05, 3.63) is 313 Å². The van der Waals surface area contributed by atoms with Gasteiger partial charge < -0.3 is 23.4 Å². The molecule has 392 valence electrons. The van der Waals surface area contributed by atoms with E-state index in [0.717, 1.165) is 106 Å². The van der Waals surface area contributed by atoms with Crippen molar-refractivity contribution in [3.63, 3.8) is 0 Å². The average Bonchev–Trinajstić information content (AvgIpc) is 1.95. The molecule has 0 saturated carbocycles. The largest absolute Gasteiger partial charge is 0.456 e. The van der Waals surface area contributed by atoms with Crippen molar-refractivity contribution in [1.82, 2.24) is 0 Å². The molecule has 0 radical (unpaired) electrons. The number of hydrogen-bond acceptors (Lipinski definition) is 5. The average molecular weight is 1070 g/mol. The van der Waals surface area contributed by atoms with Crippen LogP contribution in [-0.4, -0.2) is 0 Å². The van der Waals surface area contributed by atoms with Gasteiger partial charge in [0.25, 0.3) is 0 Å². The molecule has 0 bridgehead atoms. The van der Waals surface area contributed by atoms with E-state index >= 15 is 0 Å². The minimum atomic E-state index is -0.852. The Labute approximate surface area is 481 Å². The first kappa shape index (κ1) is 47.2. The summed E-state index contributed by atoms with van der Waals surface area (Å²) in [4.78, 5) is 4.69. The van der Waals surface area contributed by atoms with Crippen molar-refractivity contribution in [3.8, 4) is 56.0 Å². The molecule has 2 aromatic heterocycles. The summed E-state index contributed by atoms with van der Waals surface area (Å²) in [5.41, 5.74) is 22.9. The lowest BCUT2D eigenvalue weighted by Crippen LogP contribution is -2.31. The molecule has 0 N–H and O–H groups in total. The zero-order chi connectivity index (χ0) is 55.0. The summed E-state index contributed by atoms with van der Waals surface area (Å²) < 4.78 is 21.6. The van der Waals surface area contributed by atoms with Crippen molar-refractivity contribution in [2.75, 3.05) is 9.80 Å². The molecule has 0 fully saturated rings. The molecule has 0 atom stereocenters. The molecule has 0 amide bonds. The molecule has 5 nitrogen and oxygen atoms in total. The fourth-order valence-corrected chi connectivity index (χ4v) is 14.1. The molecule has 2 aliphatic carbocycles. The van der Waals surface area contributed by atoms with Crippen LogP contribution in [0.15, 0.2) is 288 Å². The highest BCUT2D eigenvalue weighted by Gasteiger charge is 2.54. The van der Waals surface area contributed by atoms with Crippen LogP contribution >= 0.6 is 0 Å². The highest BCUT2D eigenvalue weighted by molar-refractivity contribution is 6.06. The molecule has 14 aromatic rings. The number of fused-ring (bicyclic) bond motifs is 17. The molecule has 1 spiro atoms. The van der Waals surface area contributed by atoms with E-state index in [1.807, 2.05) is 12.1 Å². The number of furan rings is 2. The Morgan fingerprint density at radius 2 is 0.735 bits per heavy atom. The van der Waals surface area contributed by atoms with Crippen molar-refractivity contribution in [2.45, 2.75) is 24.7 Å². The third-order valence-corrected chi connectivity index (χ3v) is 17.9. The maximum absolute atomic E-state index is 7.59. The fourth-order valence-electron chi connectivity index (χ4n) is 14.1. The normalized spacial score (nSPS) is 13.7. The Bertz CT molecular complexity index is 4790. The van der Waals surface area contributed by atoms with Crippen LogP contribution in [0.4, 0.5) is 34.1 Å². The SMILES string of the molecule is CC1(C)c2ccccc2-c2cc(N(c3ccc4c(c3)Oc3c(oc5ccc(N(c6ccc(-c7ccccc7)cc6)c6ccc(-c7ccccc7)cc6)cc35)C43c4ccccc4-c4ccccc43)c3ccc4c(c3)oc3ccccc34)ccc21. The van der Waals surface area contributed by atoms with Gasteiger partial charge in [0.15, 0.2) is 11.5 Å². The molecule has 83 heavy (non-hydrogen) atoms. The van der Waals surface area contributed by atoms with E-state index < -0.39 is 5.41 Å². The van der Waals surface area contributed by atoms with Crippen molar-refractivity contribution in [1.29, 1.82) is 0 Å². The maximum atomic E-state index is 7.59. The predicted octanol–water partition coefficient (Wildman–Crippen LogP) is 21.4. The van der Waals surface area contributed by atoms with Crippen molar-refractivity contribution >= 4 is 67.0 Å². The third kappa shape index (κ3) is 7.01. The molecule has 3 aliphatic rings. The summed E-state index contributed by atoms with van der Waals surface area (Å²) >= 11 is 0. The predicted molar refractivity (Wildman–Crippen MR) is 339 cm³/mol. The number of para-hydroxylation sites is 1. The van der Waals surface area contributed by atoms with Crippen LogP contribution in [0.5, 0.6) is 11.5 Å². The van der Waals surface area contributed by atoms with Gasteiger partial charge >= 0.3 is 0 Å². The molecule has 12 aromatic carbocycles. The van der Waals surface area contributed by atoms with E-state index in [2.05, 4.69) is 291 Å². The highest BCUT2D eigenvalue weighted by atomic mass is 16.5. The molecular formula is C78H52N2O3. The van der Waals surface area contributed by atoms with E-state index in [4.69, 9.17) is 13.6 Å². The van der Waals surface area contributed by atoms with Gasteiger partial charge in [0.1, 0.15) is 27.9 Å². The summed E-state index contributed by atoms with van der Waals surface area (Å²) in [6.45, 7) is 4.67. The van der Waals surface area contributed by atoms with Gasteiger partial charge in [-0.15, -0.1) is 0 Å². The van der Waals surface area contributed by atoms with Gasteiger partial charge in [0.2, 0.25) is 0 Å². The van der Waals surface area contributed by atoms with Crippen LogP contribution < -0.4 is 14.5 Å². The zero-order valence-electron chi connectivity index (χ0n) is 45.7. The smallest absolute Gasteiger partial charge is 0.178 e. The number of anilines is 6. The van der Waals surface area contributed by atoms with Gasteiger partial charge in [0, 0.05) is 68.0 Å². The summed E-state index contributed by atoms with van der Waals surface area (Å²) in [5, 5.41) is 3.06. The molecule has 0 unspecified atom stereocenters. The van der Waals surface area contributed by atoms with Crippen LogP contribution in [-0.2, 0) is 10.8 Å². The first-order valence-corrected chi connectivity index (χ1v) is 28.5. The number of nitrogens with zero attached hydrogens (tertiary/aromatic N) is 2. The van der Waals surface area contributed by atoms with Gasteiger partial charge in [-0.3, -0.25) is 0 Å². The van der Waals surface area contributed by atoms with Crippen LogP contribution in [0.25, 0.3) is 77.4 Å². The van der Waals surface area contributed by atoms with Gasteiger partial charge in [-0.2, -0.15) is 0 Å². The van der Waals surface area contributed by atoms with Crippen LogP contribution in [0.1, 0.15) is 47.4 Å². The first-order valence-electron chi connectivity index (χ1n) is 28.5. The quantitative estimate of drug-likeness (QED) is 0.152. The first-order chi connectivity index (χ1) is 40.9. The lowest BCUT2D eigenvalue weighted by atomic mass is 9.69. The number of benzene rings is 12. The van der Waals surface area contributed by atoms with E-state index in [9.17, 15) is 0 Å². The third-order valence-electron chi connectivity index (χ3n) is 17.9. The summed E-state index contributed by atoms with van der Waals surface area (Å²) in [5.74, 6) is 2.21. The Balaban J connectivity index is 0.871. The van der Waals surface area contributed by atoms with Gasteiger partial charge in [0.05, 0.1) is 5.39 Å². The molecule has 1 aliphatic heterocycles. The second-order valence-electron chi connectivity index (χ2n) is 22.7. The number of hydrogen-bond donors (Lipinski definition) is 0. The Kier molecular flexibility index (Phi) is 10.2. The van der Waals surface area contributed by atoms with Crippen molar-refractivity contribution < 1.29 is 13.6 Å². The molecule has 17 rings (SSSR count). The highest BCUT2D eigenvalue weighted by Crippen LogP contribution is 2.65. The van der Waals surface area contributed by atoms with Crippen molar-refractivity contribution in [2.24, 2.45) is 0 Å². The van der Waals surface area contributed by atoms with Crippen LogP contribution in [0.3, 0.4) is 0 Å². The standard InChI is InChI=1S/C78H52N2O3/c1-77(2)66-25-13-9-23-61(66)64-45-55(38-42-67(64)77)80(57-37-41-63-62-24-12-16-28-71(62)81-73(63)47-57)58-39-43-70-74(48-58)82-75-65-46-56(40-44-72(65)83-76(75)78(70)68-26-14-10-21-59(68)60-22-11-15-27-69(60)78)79(53-33-29-51(30-34-53)49-17-5-3-6-18-49)54-35-31-52(32-36-54)50-19-7-4-8-20-50/h3-48H,1-2H3. The summed E-state index contributed by atoms with van der Waals surface area (Å²) in [6, 6.07) is 101. The molecule has 3 heterocycles. The fraction of sp³-hybridized carbons (Fsp3) is 0.0513. The van der Waals surface area contributed by atoms with E-state index in [0.29, 0.717) is 5.75 Å². The topological polar surface area (TPSA) is 42.0 Å². The lowest BCUT2D eigenvalue weighted by molar-refractivity contribution is 0.389. The molecule has 0 saturated heterocycles. The van der Waals surface area contributed by atoms with Crippen LogP contribution in [0, 0.1) is 0 Å². The second-order valence-corrected chi connectivity index (χ2v) is 22.7. The minimum absolute atomic E-state index is 0.147. The lowest BCUT2D eigenvalue weighted by Gasteiger charge is -2.37. The summed E-state index contributed by atoms with van der Waals surface area (Å²) in [6.07, 6.45) is 0. The van der Waals surface area contributed by atoms with Gasteiger partial charge in [-0.25, -0.2) is 0 Å². The Morgan fingerprint density at radius 1 is 0.289 bits per heavy atom.